The molecule has 1 aliphatic carbocycles. The van der Waals surface area contributed by atoms with E-state index in [2.05, 4.69) is 42.6 Å². The van der Waals surface area contributed by atoms with Gasteiger partial charge in [0.05, 0.1) is 6.04 Å². The molecule has 1 atom stereocenters. The van der Waals surface area contributed by atoms with Crippen LogP contribution in [-0.4, -0.2) is 5.11 Å². The fraction of sp³-hybridized carbons (Fsp3) is 0.333. The number of aromatic hydroxyl groups is 1. The van der Waals surface area contributed by atoms with Crippen LogP contribution in [0.1, 0.15) is 42.5 Å². The Morgan fingerprint density at radius 3 is 2.70 bits per heavy atom. The number of phenols is 1. The first-order valence-corrected chi connectivity index (χ1v) is 7.44. The van der Waals surface area contributed by atoms with Crippen LogP contribution in [0.3, 0.4) is 0 Å². The molecule has 0 heterocycles. The molecule has 20 heavy (non-hydrogen) atoms. The Balaban J connectivity index is 1.75. The first-order valence-electron chi connectivity index (χ1n) is 7.44. The summed E-state index contributed by atoms with van der Waals surface area (Å²) in [4.78, 5) is 0. The van der Waals surface area contributed by atoms with Gasteiger partial charge in [-0.2, -0.15) is 0 Å². The summed E-state index contributed by atoms with van der Waals surface area (Å²) in [6, 6.07) is 14.9. The molecule has 0 spiro atoms. The van der Waals surface area contributed by atoms with Gasteiger partial charge < -0.3 is 10.4 Å². The number of hydrogen-bond donors (Lipinski definition) is 2. The summed E-state index contributed by atoms with van der Waals surface area (Å²) in [5.41, 5.74) is 4.89. The molecular weight excluding hydrogens is 246 g/mol. The van der Waals surface area contributed by atoms with Crippen molar-refractivity contribution in [3.8, 4) is 5.75 Å². The molecule has 3 rings (SSSR count). The topological polar surface area (TPSA) is 32.3 Å². The number of anilines is 1. The third-order valence-electron chi connectivity index (χ3n) is 4.08. The molecule has 0 saturated carbocycles. The van der Waals surface area contributed by atoms with Gasteiger partial charge in [-0.25, -0.2) is 0 Å². The van der Waals surface area contributed by atoms with Crippen LogP contribution in [0.5, 0.6) is 5.75 Å². The maximum atomic E-state index is 9.88. The second-order valence-electron chi connectivity index (χ2n) is 5.53. The Morgan fingerprint density at radius 2 is 1.95 bits per heavy atom. The maximum absolute atomic E-state index is 9.88. The van der Waals surface area contributed by atoms with Crippen LogP contribution in [0.15, 0.2) is 42.5 Å². The van der Waals surface area contributed by atoms with E-state index >= 15 is 0 Å². The molecule has 2 nitrogen and oxygen atoms in total. The molecule has 0 saturated heterocycles. The Kier molecular flexibility index (Phi) is 3.64. The van der Waals surface area contributed by atoms with E-state index in [0.29, 0.717) is 11.8 Å². The normalized spacial score (nSPS) is 16.9. The zero-order chi connectivity index (χ0) is 13.9. The van der Waals surface area contributed by atoms with Crippen molar-refractivity contribution in [1.82, 2.24) is 0 Å². The van der Waals surface area contributed by atoms with Crippen LogP contribution in [0.2, 0.25) is 0 Å². The molecule has 0 aromatic heterocycles. The largest absolute Gasteiger partial charge is 0.508 e. The number of benzene rings is 2. The Labute approximate surface area is 120 Å². The molecule has 104 valence electrons. The number of hydrogen-bond acceptors (Lipinski definition) is 2. The van der Waals surface area contributed by atoms with Gasteiger partial charge >= 0.3 is 0 Å². The second-order valence-corrected chi connectivity index (χ2v) is 5.53. The molecule has 0 radical (unpaired) electrons. The zero-order valence-electron chi connectivity index (χ0n) is 11.9. The van der Waals surface area contributed by atoms with Crippen LogP contribution >= 0.6 is 0 Å². The Hall–Kier alpha value is -1.96. The quantitative estimate of drug-likeness (QED) is 0.858. The number of nitrogens with one attached hydrogen (secondary N) is 1. The molecule has 2 heteroatoms. The van der Waals surface area contributed by atoms with Gasteiger partial charge in [0.15, 0.2) is 0 Å². The summed E-state index contributed by atoms with van der Waals surface area (Å²) in [7, 11) is 0. The van der Waals surface area contributed by atoms with E-state index < -0.39 is 0 Å². The van der Waals surface area contributed by atoms with E-state index in [0.717, 1.165) is 30.5 Å². The van der Waals surface area contributed by atoms with Crippen molar-refractivity contribution in [3.63, 3.8) is 0 Å². The summed E-state index contributed by atoms with van der Waals surface area (Å²) in [5.74, 6) is 0.435. The maximum Gasteiger partial charge on any atom is 0.119 e. The Morgan fingerprint density at radius 1 is 1.15 bits per heavy atom. The van der Waals surface area contributed by atoms with E-state index in [1.165, 1.54) is 17.5 Å². The highest BCUT2D eigenvalue weighted by molar-refractivity contribution is 5.51. The van der Waals surface area contributed by atoms with Crippen LogP contribution in [0, 0.1) is 0 Å². The monoisotopic (exact) mass is 267 g/mol. The minimum atomic E-state index is 0.314. The average molecular weight is 267 g/mol. The SMILES string of the molecule is CCCc1ccc(NC2CCc3c(O)cccc32)cc1. The van der Waals surface area contributed by atoms with Gasteiger partial charge in [-0.3, -0.25) is 0 Å². The van der Waals surface area contributed by atoms with Gasteiger partial charge in [0.1, 0.15) is 5.75 Å². The highest BCUT2D eigenvalue weighted by Crippen LogP contribution is 2.38. The summed E-state index contributed by atoms with van der Waals surface area (Å²) in [6.07, 6.45) is 4.32. The second kappa shape index (κ2) is 5.58. The first-order chi connectivity index (χ1) is 9.78. The molecule has 2 aromatic rings. The minimum absolute atomic E-state index is 0.314. The van der Waals surface area contributed by atoms with Gasteiger partial charge in [-0.15, -0.1) is 0 Å². The lowest BCUT2D eigenvalue weighted by molar-refractivity contribution is 0.469. The molecule has 0 fully saturated rings. The average Bonchev–Trinajstić information content (AvgIpc) is 2.86. The molecule has 2 N–H and O–H groups in total. The third-order valence-corrected chi connectivity index (χ3v) is 4.08. The molecule has 2 aromatic carbocycles. The molecule has 0 aliphatic heterocycles. The van der Waals surface area contributed by atoms with E-state index in [-0.39, 0.29) is 0 Å². The Bertz CT molecular complexity index is 589. The van der Waals surface area contributed by atoms with Crippen LogP contribution < -0.4 is 5.32 Å². The van der Waals surface area contributed by atoms with E-state index in [1.54, 1.807) is 6.07 Å². The van der Waals surface area contributed by atoms with Gasteiger partial charge in [0.25, 0.3) is 0 Å². The first kappa shape index (κ1) is 13.0. The third kappa shape index (κ3) is 2.51. The van der Waals surface area contributed by atoms with Gasteiger partial charge in [0, 0.05) is 5.69 Å². The van der Waals surface area contributed by atoms with E-state index in [1.807, 2.05) is 6.07 Å². The molecule has 1 aliphatic rings. The lowest BCUT2D eigenvalue weighted by Gasteiger charge is -2.16. The molecule has 0 bridgehead atoms. The molecule has 0 amide bonds. The van der Waals surface area contributed by atoms with Crippen LogP contribution in [-0.2, 0) is 12.8 Å². The van der Waals surface area contributed by atoms with Crippen molar-refractivity contribution in [2.45, 2.75) is 38.6 Å². The number of rotatable bonds is 4. The predicted molar refractivity (Wildman–Crippen MR) is 83.2 cm³/mol. The van der Waals surface area contributed by atoms with E-state index in [9.17, 15) is 5.11 Å². The van der Waals surface area contributed by atoms with Crippen molar-refractivity contribution < 1.29 is 5.11 Å². The summed E-state index contributed by atoms with van der Waals surface area (Å²) in [6.45, 7) is 2.20. The predicted octanol–water partition coefficient (Wildman–Crippen LogP) is 4.44. The summed E-state index contributed by atoms with van der Waals surface area (Å²) >= 11 is 0. The van der Waals surface area contributed by atoms with Gasteiger partial charge in [0.2, 0.25) is 0 Å². The summed E-state index contributed by atoms with van der Waals surface area (Å²) in [5, 5.41) is 13.5. The fourth-order valence-corrected chi connectivity index (χ4v) is 3.04. The smallest absolute Gasteiger partial charge is 0.119 e. The standard InChI is InChI=1S/C18H21NO/c1-2-4-13-7-9-14(10-8-13)19-17-12-11-16-15(17)5-3-6-18(16)20/h3,5-10,17,19-20H,2,4,11-12H2,1H3. The molecule has 1 unspecified atom stereocenters. The van der Waals surface area contributed by atoms with Gasteiger partial charge in [-0.1, -0.05) is 37.6 Å². The van der Waals surface area contributed by atoms with Crippen LogP contribution in [0.25, 0.3) is 0 Å². The van der Waals surface area contributed by atoms with E-state index in [4.69, 9.17) is 0 Å². The van der Waals surface area contributed by atoms with Crippen molar-refractivity contribution >= 4 is 5.69 Å². The minimum Gasteiger partial charge on any atom is -0.508 e. The number of phenolic OH excluding ortho intramolecular Hbond substituents is 1. The highest BCUT2D eigenvalue weighted by atomic mass is 16.3. The van der Waals surface area contributed by atoms with Crippen LogP contribution in [0.4, 0.5) is 5.69 Å². The molecular formula is C18H21NO. The van der Waals surface area contributed by atoms with Crippen molar-refractivity contribution in [2.24, 2.45) is 0 Å². The highest BCUT2D eigenvalue weighted by Gasteiger charge is 2.24. The zero-order valence-corrected chi connectivity index (χ0v) is 11.9. The van der Waals surface area contributed by atoms with Crippen molar-refractivity contribution in [3.05, 3.63) is 59.2 Å². The lowest BCUT2D eigenvalue weighted by Crippen LogP contribution is -2.06. The number of aryl methyl sites for hydroxylation is 1. The van der Waals surface area contributed by atoms with Crippen molar-refractivity contribution in [1.29, 1.82) is 0 Å². The fourth-order valence-electron chi connectivity index (χ4n) is 3.04. The lowest BCUT2D eigenvalue weighted by atomic mass is 10.1. The van der Waals surface area contributed by atoms with Gasteiger partial charge in [-0.05, 0) is 54.2 Å². The van der Waals surface area contributed by atoms with Crippen molar-refractivity contribution in [2.75, 3.05) is 5.32 Å². The summed E-state index contributed by atoms with van der Waals surface area (Å²) < 4.78 is 0. The number of fused-ring (bicyclic) bond motifs is 1.